The van der Waals surface area contributed by atoms with Crippen LogP contribution in [-0.2, 0) is 0 Å². The second kappa shape index (κ2) is 4.64. The number of hydrogen-bond acceptors (Lipinski definition) is 3. The molecule has 0 spiro atoms. The lowest BCUT2D eigenvalue weighted by Gasteiger charge is -2.18. The van der Waals surface area contributed by atoms with E-state index in [4.69, 9.17) is 10.6 Å². The minimum absolute atomic E-state index is 0.243. The largest absolute Gasteiger partial charge is 0.494 e. The minimum Gasteiger partial charge on any atom is -0.494 e. The fourth-order valence-electron chi connectivity index (χ4n) is 1.93. The molecular formula is C12H18N2O. The summed E-state index contributed by atoms with van der Waals surface area (Å²) in [6.07, 6.45) is 2.52. The summed E-state index contributed by atoms with van der Waals surface area (Å²) in [5.41, 5.74) is 4.08. The zero-order chi connectivity index (χ0) is 10.7. The molecule has 2 rings (SSSR count). The van der Waals surface area contributed by atoms with Crippen LogP contribution in [0.3, 0.4) is 0 Å². The summed E-state index contributed by atoms with van der Waals surface area (Å²) in [7, 11) is 0. The Bertz CT molecular complexity index is 323. The van der Waals surface area contributed by atoms with Gasteiger partial charge in [0.25, 0.3) is 0 Å². The van der Waals surface area contributed by atoms with Gasteiger partial charge in [-0.3, -0.25) is 11.3 Å². The molecule has 1 aromatic carbocycles. The molecule has 0 aromatic heterocycles. The first-order valence-electron chi connectivity index (χ1n) is 5.54. The molecule has 1 aliphatic carbocycles. The number of para-hydroxylation sites is 1. The summed E-state index contributed by atoms with van der Waals surface area (Å²) in [6, 6.07) is 8.37. The van der Waals surface area contributed by atoms with Crippen molar-refractivity contribution in [3.63, 3.8) is 0 Å². The van der Waals surface area contributed by atoms with Gasteiger partial charge in [-0.2, -0.15) is 0 Å². The van der Waals surface area contributed by atoms with E-state index in [-0.39, 0.29) is 6.04 Å². The van der Waals surface area contributed by atoms with Crippen molar-refractivity contribution in [1.82, 2.24) is 5.43 Å². The van der Waals surface area contributed by atoms with Gasteiger partial charge in [-0.1, -0.05) is 18.2 Å². The van der Waals surface area contributed by atoms with E-state index in [2.05, 4.69) is 11.5 Å². The van der Waals surface area contributed by atoms with Crippen LogP contribution in [-0.4, -0.2) is 6.61 Å². The van der Waals surface area contributed by atoms with Crippen molar-refractivity contribution in [2.75, 3.05) is 6.61 Å². The Balaban J connectivity index is 2.23. The summed E-state index contributed by atoms with van der Waals surface area (Å²) in [4.78, 5) is 0. The smallest absolute Gasteiger partial charge is 0.124 e. The molecule has 0 bridgehead atoms. The number of hydrogen-bond donors (Lipinski definition) is 2. The highest BCUT2D eigenvalue weighted by Crippen LogP contribution is 2.42. The van der Waals surface area contributed by atoms with Crippen LogP contribution >= 0.6 is 0 Å². The molecule has 15 heavy (non-hydrogen) atoms. The van der Waals surface area contributed by atoms with Crippen LogP contribution in [0.4, 0.5) is 0 Å². The van der Waals surface area contributed by atoms with Gasteiger partial charge in [-0.25, -0.2) is 0 Å². The number of hydrazine groups is 1. The van der Waals surface area contributed by atoms with Crippen molar-refractivity contribution in [2.45, 2.75) is 25.8 Å². The van der Waals surface area contributed by atoms with Crippen molar-refractivity contribution >= 4 is 0 Å². The molecule has 1 saturated carbocycles. The fourth-order valence-corrected chi connectivity index (χ4v) is 1.93. The number of nitrogens with two attached hydrogens (primary N) is 1. The van der Waals surface area contributed by atoms with Crippen molar-refractivity contribution in [3.8, 4) is 5.75 Å². The summed E-state index contributed by atoms with van der Waals surface area (Å²) in [6.45, 7) is 2.69. The van der Waals surface area contributed by atoms with E-state index >= 15 is 0 Å². The highest BCUT2D eigenvalue weighted by molar-refractivity contribution is 5.36. The normalized spacial score (nSPS) is 17.5. The number of nitrogens with one attached hydrogen (secondary N) is 1. The molecule has 0 amide bonds. The van der Waals surface area contributed by atoms with Gasteiger partial charge < -0.3 is 4.74 Å². The Morgan fingerprint density at radius 3 is 2.80 bits per heavy atom. The zero-order valence-corrected chi connectivity index (χ0v) is 9.07. The topological polar surface area (TPSA) is 47.3 Å². The lowest BCUT2D eigenvalue weighted by Crippen LogP contribution is -2.29. The Hall–Kier alpha value is -1.06. The van der Waals surface area contributed by atoms with Crippen LogP contribution in [0.2, 0.25) is 0 Å². The predicted molar refractivity (Wildman–Crippen MR) is 60.4 cm³/mol. The van der Waals surface area contributed by atoms with Crippen LogP contribution < -0.4 is 16.0 Å². The first-order chi connectivity index (χ1) is 7.36. The second-order valence-corrected chi connectivity index (χ2v) is 3.95. The molecule has 1 unspecified atom stereocenters. The third-order valence-corrected chi connectivity index (χ3v) is 2.83. The Labute approximate surface area is 90.6 Å². The molecular weight excluding hydrogens is 188 g/mol. The van der Waals surface area contributed by atoms with Crippen molar-refractivity contribution in [3.05, 3.63) is 29.8 Å². The fraction of sp³-hybridized carbons (Fsp3) is 0.500. The molecule has 3 heteroatoms. The van der Waals surface area contributed by atoms with Crippen LogP contribution in [0, 0.1) is 5.92 Å². The monoisotopic (exact) mass is 206 g/mol. The molecule has 0 radical (unpaired) electrons. The standard InChI is InChI=1S/C12H18N2O/c1-2-15-11-6-4-3-5-10(11)12(14-13)9-7-8-9/h3-6,9,12,14H,2,7-8,13H2,1H3. The number of rotatable bonds is 5. The lowest BCUT2D eigenvalue weighted by molar-refractivity contribution is 0.328. The van der Waals surface area contributed by atoms with Gasteiger partial charge >= 0.3 is 0 Å². The average Bonchev–Trinajstić information content (AvgIpc) is 3.06. The van der Waals surface area contributed by atoms with E-state index in [1.54, 1.807) is 0 Å². The summed E-state index contributed by atoms with van der Waals surface area (Å²) >= 11 is 0. The van der Waals surface area contributed by atoms with E-state index in [0.29, 0.717) is 12.5 Å². The van der Waals surface area contributed by atoms with Gasteiger partial charge in [-0.05, 0) is 31.7 Å². The first kappa shape index (κ1) is 10.5. The third-order valence-electron chi connectivity index (χ3n) is 2.83. The Kier molecular flexibility index (Phi) is 3.23. The number of ether oxygens (including phenoxy) is 1. The molecule has 82 valence electrons. The highest BCUT2D eigenvalue weighted by atomic mass is 16.5. The van der Waals surface area contributed by atoms with Gasteiger partial charge in [0.05, 0.1) is 12.6 Å². The van der Waals surface area contributed by atoms with Crippen molar-refractivity contribution < 1.29 is 4.74 Å². The van der Waals surface area contributed by atoms with Crippen LogP contribution in [0.5, 0.6) is 5.75 Å². The third kappa shape index (κ3) is 2.30. The Morgan fingerprint density at radius 2 is 2.20 bits per heavy atom. The van der Waals surface area contributed by atoms with E-state index in [0.717, 1.165) is 5.75 Å². The molecule has 0 saturated heterocycles. The SMILES string of the molecule is CCOc1ccccc1C(NN)C1CC1. The quantitative estimate of drug-likeness (QED) is 0.572. The van der Waals surface area contributed by atoms with Crippen molar-refractivity contribution in [2.24, 2.45) is 11.8 Å². The van der Waals surface area contributed by atoms with Gasteiger partial charge in [0, 0.05) is 5.56 Å². The Morgan fingerprint density at radius 1 is 1.47 bits per heavy atom. The van der Waals surface area contributed by atoms with E-state index in [9.17, 15) is 0 Å². The van der Waals surface area contributed by atoms with E-state index < -0.39 is 0 Å². The highest BCUT2D eigenvalue weighted by Gasteiger charge is 2.33. The van der Waals surface area contributed by atoms with Gasteiger partial charge in [0.15, 0.2) is 0 Å². The molecule has 1 aromatic rings. The van der Waals surface area contributed by atoms with E-state index in [1.165, 1.54) is 18.4 Å². The molecule has 0 heterocycles. The summed E-state index contributed by atoms with van der Waals surface area (Å²) < 4.78 is 5.60. The molecule has 0 aliphatic heterocycles. The molecule has 1 aliphatic rings. The van der Waals surface area contributed by atoms with Gasteiger partial charge in [0.1, 0.15) is 5.75 Å². The van der Waals surface area contributed by atoms with Crippen LogP contribution in [0.25, 0.3) is 0 Å². The van der Waals surface area contributed by atoms with Crippen molar-refractivity contribution in [1.29, 1.82) is 0 Å². The van der Waals surface area contributed by atoms with Crippen LogP contribution in [0.1, 0.15) is 31.4 Å². The maximum atomic E-state index is 5.61. The summed E-state index contributed by atoms with van der Waals surface area (Å²) in [5.74, 6) is 7.24. The molecule has 1 fully saturated rings. The van der Waals surface area contributed by atoms with Gasteiger partial charge in [-0.15, -0.1) is 0 Å². The predicted octanol–water partition coefficient (Wildman–Crippen LogP) is 2.00. The minimum atomic E-state index is 0.243. The van der Waals surface area contributed by atoms with Gasteiger partial charge in [0.2, 0.25) is 0 Å². The zero-order valence-electron chi connectivity index (χ0n) is 9.07. The average molecular weight is 206 g/mol. The van der Waals surface area contributed by atoms with E-state index in [1.807, 2.05) is 25.1 Å². The second-order valence-electron chi connectivity index (χ2n) is 3.95. The number of benzene rings is 1. The molecule has 1 atom stereocenters. The first-order valence-corrected chi connectivity index (χ1v) is 5.54. The maximum absolute atomic E-state index is 5.61. The summed E-state index contributed by atoms with van der Waals surface area (Å²) in [5, 5.41) is 0. The molecule has 3 nitrogen and oxygen atoms in total. The molecule has 3 N–H and O–H groups in total. The maximum Gasteiger partial charge on any atom is 0.124 e. The lowest BCUT2D eigenvalue weighted by atomic mass is 10.0. The van der Waals surface area contributed by atoms with Crippen LogP contribution in [0.15, 0.2) is 24.3 Å².